The molecule has 1 atom stereocenters. The fraction of sp³-hybridized carbons (Fsp3) is 0.182. The lowest BCUT2D eigenvalue weighted by atomic mass is 10.2. The van der Waals surface area contributed by atoms with Gasteiger partial charge in [-0.2, -0.15) is 0 Å². The number of rotatable bonds is 4. The molecule has 1 fully saturated rings. The van der Waals surface area contributed by atoms with Gasteiger partial charge in [-0.3, -0.25) is 14.9 Å². The molecule has 2 aromatic heterocycles. The molecule has 3 N–H and O–H groups in total. The van der Waals surface area contributed by atoms with Gasteiger partial charge in [0.1, 0.15) is 6.04 Å². The Morgan fingerprint density at radius 2 is 2.29 bits per heavy atom. The quantitative estimate of drug-likeness (QED) is 0.699. The van der Waals surface area contributed by atoms with E-state index in [0.717, 1.165) is 11.3 Å². The summed E-state index contributed by atoms with van der Waals surface area (Å²) in [6.45, 7) is 0. The van der Waals surface area contributed by atoms with E-state index in [2.05, 4.69) is 26.1 Å². The van der Waals surface area contributed by atoms with Crippen LogP contribution in [0.1, 0.15) is 6.42 Å². The van der Waals surface area contributed by atoms with Gasteiger partial charge in [-0.15, -0.1) is 10.2 Å². The summed E-state index contributed by atoms with van der Waals surface area (Å²) in [5.41, 5.74) is 0. The Morgan fingerprint density at radius 1 is 1.43 bits per heavy atom. The molecule has 9 nitrogen and oxygen atoms in total. The van der Waals surface area contributed by atoms with E-state index in [9.17, 15) is 14.4 Å². The van der Waals surface area contributed by atoms with Crippen molar-refractivity contribution in [3.05, 3.63) is 18.4 Å². The van der Waals surface area contributed by atoms with Gasteiger partial charge in [-0.25, -0.2) is 4.79 Å². The summed E-state index contributed by atoms with van der Waals surface area (Å²) in [5.74, 6) is -0.418. The van der Waals surface area contributed by atoms with Crippen LogP contribution >= 0.6 is 11.3 Å². The largest absolute Gasteiger partial charge is 0.462 e. The minimum Gasteiger partial charge on any atom is -0.462 e. The van der Waals surface area contributed by atoms with Crippen LogP contribution in [0.4, 0.5) is 9.93 Å². The van der Waals surface area contributed by atoms with Crippen LogP contribution in [-0.4, -0.2) is 34.1 Å². The molecule has 0 spiro atoms. The van der Waals surface area contributed by atoms with Crippen molar-refractivity contribution in [2.45, 2.75) is 12.5 Å². The van der Waals surface area contributed by atoms with Crippen LogP contribution in [-0.2, 0) is 9.59 Å². The lowest BCUT2D eigenvalue weighted by Crippen LogP contribution is -2.33. The molecule has 0 saturated carbocycles. The average molecular weight is 307 g/mol. The first kappa shape index (κ1) is 13.2. The number of carbonyl (C=O) groups excluding carboxylic acids is 3. The standard InChI is InChI=1S/C11H9N5O4S/c17-7(4-5-8(18)14-10(19)12-5)13-11-16-15-9(21-11)6-2-1-3-20-6/h1-3,5H,4H2,(H,13,16,17)(H2,12,14,18,19)/t5-/m0/s1. The molecule has 1 saturated heterocycles. The molecule has 21 heavy (non-hydrogen) atoms. The lowest BCUT2D eigenvalue weighted by Gasteiger charge is -2.05. The Balaban J connectivity index is 1.60. The molecule has 0 aromatic carbocycles. The molecular weight excluding hydrogens is 298 g/mol. The van der Waals surface area contributed by atoms with Crippen LogP contribution in [0.5, 0.6) is 0 Å². The molecule has 3 rings (SSSR count). The number of furan rings is 1. The third-order valence-electron chi connectivity index (χ3n) is 2.65. The number of amides is 4. The Labute approximate surface area is 121 Å². The van der Waals surface area contributed by atoms with Gasteiger partial charge in [-0.05, 0) is 12.1 Å². The lowest BCUT2D eigenvalue weighted by molar-refractivity contribution is -0.124. The number of anilines is 1. The molecule has 10 heteroatoms. The van der Waals surface area contributed by atoms with E-state index in [-0.39, 0.29) is 11.6 Å². The van der Waals surface area contributed by atoms with Gasteiger partial charge in [0, 0.05) is 0 Å². The van der Waals surface area contributed by atoms with E-state index in [0.29, 0.717) is 10.8 Å². The zero-order valence-electron chi connectivity index (χ0n) is 10.5. The monoisotopic (exact) mass is 307 g/mol. The zero-order chi connectivity index (χ0) is 14.8. The van der Waals surface area contributed by atoms with Crippen molar-refractivity contribution < 1.29 is 18.8 Å². The fourth-order valence-electron chi connectivity index (χ4n) is 1.73. The first-order valence-electron chi connectivity index (χ1n) is 5.90. The summed E-state index contributed by atoms with van der Waals surface area (Å²) in [5, 5.41) is 15.4. The number of nitrogens with zero attached hydrogens (tertiary/aromatic N) is 2. The highest BCUT2D eigenvalue weighted by molar-refractivity contribution is 7.18. The Kier molecular flexibility index (Phi) is 3.36. The summed E-state index contributed by atoms with van der Waals surface area (Å²) in [6.07, 6.45) is 1.34. The van der Waals surface area contributed by atoms with Crippen LogP contribution in [0.3, 0.4) is 0 Å². The number of imide groups is 1. The van der Waals surface area contributed by atoms with Crippen LogP contribution in [0.25, 0.3) is 10.8 Å². The van der Waals surface area contributed by atoms with Crippen LogP contribution in [0.15, 0.2) is 22.8 Å². The molecule has 0 aliphatic carbocycles. The van der Waals surface area contributed by atoms with Crippen molar-refractivity contribution in [3.63, 3.8) is 0 Å². The Morgan fingerprint density at radius 3 is 2.95 bits per heavy atom. The molecule has 2 aromatic rings. The Bertz CT molecular complexity index is 695. The van der Waals surface area contributed by atoms with E-state index >= 15 is 0 Å². The van der Waals surface area contributed by atoms with E-state index in [1.54, 1.807) is 12.1 Å². The summed E-state index contributed by atoms with van der Waals surface area (Å²) in [6, 6.07) is 1.98. The SMILES string of the molecule is O=C(C[C@@H]1NC(=O)NC1=O)Nc1nnc(-c2ccco2)s1. The van der Waals surface area contributed by atoms with Crippen molar-refractivity contribution in [2.24, 2.45) is 0 Å². The highest BCUT2D eigenvalue weighted by Gasteiger charge is 2.31. The summed E-state index contributed by atoms with van der Waals surface area (Å²) < 4.78 is 5.17. The molecule has 0 bridgehead atoms. The normalized spacial score (nSPS) is 17.4. The van der Waals surface area contributed by atoms with Crippen molar-refractivity contribution >= 4 is 34.3 Å². The first-order chi connectivity index (χ1) is 10.1. The molecule has 3 heterocycles. The van der Waals surface area contributed by atoms with Crippen LogP contribution in [0.2, 0.25) is 0 Å². The maximum absolute atomic E-state index is 11.8. The van der Waals surface area contributed by atoms with Gasteiger partial charge >= 0.3 is 6.03 Å². The van der Waals surface area contributed by atoms with E-state index in [1.165, 1.54) is 6.26 Å². The second-order valence-electron chi connectivity index (χ2n) is 4.16. The van der Waals surface area contributed by atoms with E-state index in [1.807, 2.05) is 0 Å². The number of aromatic nitrogens is 2. The maximum atomic E-state index is 11.8. The maximum Gasteiger partial charge on any atom is 0.322 e. The van der Waals surface area contributed by atoms with Crippen molar-refractivity contribution in [1.82, 2.24) is 20.8 Å². The van der Waals surface area contributed by atoms with Crippen molar-refractivity contribution in [2.75, 3.05) is 5.32 Å². The number of hydrogen-bond acceptors (Lipinski definition) is 7. The van der Waals surface area contributed by atoms with Crippen molar-refractivity contribution in [1.29, 1.82) is 0 Å². The topological polar surface area (TPSA) is 126 Å². The van der Waals surface area contributed by atoms with Gasteiger partial charge in [0.2, 0.25) is 11.0 Å². The predicted molar refractivity (Wildman–Crippen MR) is 71.3 cm³/mol. The van der Waals surface area contributed by atoms with Gasteiger partial charge in [0.15, 0.2) is 10.8 Å². The van der Waals surface area contributed by atoms with Gasteiger partial charge in [0.05, 0.1) is 12.7 Å². The molecule has 1 aliphatic heterocycles. The Hall–Kier alpha value is -2.75. The van der Waals surface area contributed by atoms with E-state index in [4.69, 9.17) is 4.42 Å². The van der Waals surface area contributed by atoms with Crippen LogP contribution < -0.4 is 16.0 Å². The molecule has 0 unspecified atom stereocenters. The second kappa shape index (κ2) is 5.32. The number of hydrogen-bond donors (Lipinski definition) is 3. The highest BCUT2D eigenvalue weighted by Crippen LogP contribution is 2.26. The number of carbonyl (C=O) groups is 3. The summed E-state index contributed by atoms with van der Waals surface area (Å²) in [4.78, 5) is 34.0. The molecule has 4 amide bonds. The second-order valence-corrected chi connectivity index (χ2v) is 5.13. The molecule has 1 aliphatic rings. The van der Waals surface area contributed by atoms with Crippen molar-refractivity contribution in [3.8, 4) is 10.8 Å². The average Bonchev–Trinajstić information content (AvgIpc) is 3.11. The smallest absolute Gasteiger partial charge is 0.322 e. The van der Waals surface area contributed by atoms with Gasteiger partial charge < -0.3 is 15.1 Å². The van der Waals surface area contributed by atoms with Gasteiger partial charge in [0.25, 0.3) is 5.91 Å². The van der Waals surface area contributed by atoms with E-state index < -0.39 is 23.9 Å². The number of nitrogens with one attached hydrogen (secondary N) is 3. The third kappa shape index (κ3) is 2.89. The minimum atomic E-state index is -0.866. The van der Waals surface area contributed by atoms with Crippen LogP contribution in [0, 0.1) is 0 Å². The number of urea groups is 1. The fourth-order valence-corrected chi connectivity index (χ4v) is 2.46. The third-order valence-corrected chi connectivity index (χ3v) is 3.50. The molecule has 108 valence electrons. The molecule has 0 radical (unpaired) electrons. The summed E-state index contributed by atoms with van der Waals surface area (Å²) >= 11 is 1.14. The minimum absolute atomic E-state index is 0.173. The summed E-state index contributed by atoms with van der Waals surface area (Å²) in [7, 11) is 0. The first-order valence-corrected chi connectivity index (χ1v) is 6.72. The van der Waals surface area contributed by atoms with Gasteiger partial charge in [-0.1, -0.05) is 11.3 Å². The predicted octanol–water partition coefficient (Wildman–Crippen LogP) is 0.335. The molecular formula is C11H9N5O4S. The highest BCUT2D eigenvalue weighted by atomic mass is 32.1. The zero-order valence-corrected chi connectivity index (χ0v) is 11.3.